The van der Waals surface area contributed by atoms with Crippen LogP contribution in [0.3, 0.4) is 0 Å². The number of hydrogen-bond donors (Lipinski definition) is 1. The van der Waals surface area contributed by atoms with Crippen LogP contribution in [-0.4, -0.2) is 22.0 Å². The van der Waals surface area contributed by atoms with Crippen LogP contribution in [0.4, 0.5) is 0 Å². The molecule has 2 aliphatic carbocycles. The number of allylic oxidation sites excluding steroid dienone is 1. The average Bonchev–Trinajstić information content (AvgIpc) is 3.52. The second-order valence-electron chi connectivity index (χ2n) is 7.66. The zero-order valence-corrected chi connectivity index (χ0v) is 15.7. The highest BCUT2D eigenvalue weighted by molar-refractivity contribution is 5.78. The standard InChI is InChI=1S/C22H27N3O2/c26-21(23-15-14-16-6-2-1-3-7-16)13-12-20-24-19-9-5-4-8-18(19)22(27)25(20)17-10-11-17/h4-6,8-9,17H,1-3,7,10-15H2,(H,23,26). The Hall–Kier alpha value is -2.43. The van der Waals surface area contributed by atoms with Crippen LogP contribution in [-0.2, 0) is 11.2 Å². The first-order chi connectivity index (χ1) is 13.2. The van der Waals surface area contributed by atoms with Crippen molar-refractivity contribution in [2.24, 2.45) is 0 Å². The molecule has 0 atom stereocenters. The van der Waals surface area contributed by atoms with Crippen molar-refractivity contribution in [3.05, 3.63) is 52.1 Å². The maximum atomic E-state index is 12.8. The highest BCUT2D eigenvalue weighted by atomic mass is 16.1. The molecule has 0 unspecified atom stereocenters. The lowest BCUT2D eigenvalue weighted by Gasteiger charge is -2.14. The quantitative estimate of drug-likeness (QED) is 0.762. The van der Waals surface area contributed by atoms with Crippen molar-refractivity contribution < 1.29 is 4.79 Å². The summed E-state index contributed by atoms with van der Waals surface area (Å²) < 4.78 is 1.82. The van der Waals surface area contributed by atoms with Gasteiger partial charge in [-0.2, -0.15) is 0 Å². The number of benzene rings is 1. The molecule has 1 saturated carbocycles. The summed E-state index contributed by atoms with van der Waals surface area (Å²) in [6.45, 7) is 0.700. The smallest absolute Gasteiger partial charge is 0.261 e. The first-order valence-electron chi connectivity index (χ1n) is 10.2. The Morgan fingerprint density at radius 1 is 1.19 bits per heavy atom. The highest BCUT2D eigenvalue weighted by Crippen LogP contribution is 2.34. The molecule has 1 fully saturated rings. The lowest BCUT2D eigenvalue weighted by molar-refractivity contribution is -0.121. The van der Waals surface area contributed by atoms with E-state index < -0.39 is 0 Å². The minimum atomic E-state index is 0.0303. The van der Waals surface area contributed by atoms with Gasteiger partial charge < -0.3 is 5.32 Å². The third-order valence-corrected chi connectivity index (χ3v) is 5.52. The largest absolute Gasteiger partial charge is 0.356 e. The first kappa shape index (κ1) is 18.0. The zero-order valence-electron chi connectivity index (χ0n) is 15.7. The predicted molar refractivity (Wildman–Crippen MR) is 107 cm³/mol. The molecule has 0 spiro atoms. The van der Waals surface area contributed by atoms with Gasteiger partial charge in [0.05, 0.1) is 10.9 Å². The molecule has 1 heterocycles. The lowest BCUT2D eigenvalue weighted by atomic mass is 9.97. The number of aryl methyl sites for hydroxylation is 1. The van der Waals surface area contributed by atoms with Gasteiger partial charge in [-0.25, -0.2) is 4.98 Å². The Labute approximate surface area is 159 Å². The van der Waals surface area contributed by atoms with E-state index in [1.54, 1.807) is 0 Å². The van der Waals surface area contributed by atoms with Gasteiger partial charge in [0, 0.05) is 25.4 Å². The van der Waals surface area contributed by atoms with Crippen LogP contribution in [0.1, 0.15) is 63.2 Å². The van der Waals surface area contributed by atoms with Crippen molar-refractivity contribution in [3.8, 4) is 0 Å². The van der Waals surface area contributed by atoms with E-state index in [0.29, 0.717) is 24.8 Å². The molecule has 1 amide bonds. The van der Waals surface area contributed by atoms with E-state index >= 15 is 0 Å². The van der Waals surface area contributed by atoms with Crippen LogP contribution < -0.4 is 10.9 Å². The van der Waals surface area contributed by atoms with Gasteiger partial charge in [0.2, 0.25) is 5.91 Å². The van der Waals surface area contributed by atoms with E-state index in [4.69, 9.17) is 4.98 Å². The summed E-state index contributed by atoms with van der Waals surface area (Å²) in [5.74, 6) is 0.780. The molecule has 142 valence electrons. The topological polar surface area (TPSA) is 64.0 Å². The molecule has 2 aromatic rings. The summed E-state index contributed by atoms with van der Waals surface area (Å²) in [5, 5.41) is 3.69. The molecular formula is C22H27N3O2. The molecule has 1 aromatic carbocycles. The fourth-order valence-electron chi connectivity index (χ4n) is 3.89. The summed E-state index contributed by atoms with van der Waals surface area (Å²) in [6.07, 6.45) is 11.1. The van der Waals surface area contributed by atoms with Gasteiger partial charge in [-0.15, -0.1) is 0 Å². The minimum absolute atomic E-state index is 0.0303. The van der Waals surface area contributed by atoms with Crippen molar-refractivity contribution in [1.82, 2.24) is 14.9 Å². The fraction of sp³-hybridized carbons (Fsp3) is 0.500. The molecule has 5 nitrogen and oxygen atoms in total. The van der Waals surface area contributed by atoms with Gasteiger partial charge in [-0.1, -0.05) is 23.8 Å². The van der Waals surface area contributed by atoms with E-state index in [2.05, 4.69) is 11.4 Å². The number of aromatic nitrogens is 2. The van der Waals surface area contributed by atoms with Crippen LogP contribution in [0.2, 0.25) is 0 Å². The van der Waals surface area contributed by atoms with Gasteiger partial charge in [-0.05, 0) is 57.1 Å². The number of para-hydroxylation sites is 1. The van der Waals surface area contributed by atoms with Gasteiger partial charge in [0.25, 0.3) is 5.56 Å². The molecule has 2 aliphatic rings. The maximum absolute atomic E-state index is 12.8. The molecule has 0 aliphatic heterocycles. The fourth-order valence-corrected chi connectivity index (χ4v) is 3.89. The van der Waals surface area contributed by atoms with Crippen molar-refractivity contribution in [2.45, 2.75) is 63.8 Å². The van der Waals surface area contributed by atoms with Crippen molar-refractivity contribution in [3.63, 3.8) is 0 Å². The predicted octanol–water partition coefficient (Wildman–Crippen LogP) is 3.67. The lowest BCUT2D eigenvalue weighted by Crippen LogP contribution is -2.28. The van der Waals surface area contributed by atoms with E-state index in [0.717, 1.165) is 30.6 Å². The third kappa shape index (κ3) is 4.29. The number of carbonyl (C=O) groups is 1. The van der Waals surface area contributed by atoms with E-state index in [1.165, 1.54) is 31.3 Å². The molecule has 1 aromatic heterocycles. The zero-order chi connectivity index (χ0) is 18.6. The van der Waals surface area contributed by atoms with Crippen LogP contribution in [0.25, 0.3) is 10.9 Å². The van der Waals surface area contributed by atoms with Crippen LogP contribution in [0, 0.1) is 0 Å². The Bertz CT molecular complexity index is 925. The summed E-state index contributed by atoms with van der Waals surface area (Å²) in [5.41, 5.74) is 2.22. The number of amides is 1. The van der Waals surface area contributed by atoms with E-state index in [-0.39, 0.29) is 17.5 Å². The molecule has 27 heavy (non-hydrogen) atoms. The summed E-state index contributed by atoms with van der Waals surface area (Å²) >= 11 is 0. The van der Waals surface area contributed by atoms with Crippen LogP contribution >= 0.6 is 0 Å². The van der Waals surface area contributed by atoms with E-state index in [9.17, 15) is 9.59 Å². The summed E-state index contributed by atoms with van der Waals surface area (Å²) in [4.78, 5) is 29.8. The number of nitrogens with zero attached hydrogens (tertiary/aromatic N) is 2. The average molecular weight is 365 g/mol. The van der Waals surface area contributed by atoms with Crippen LogP contribution in [0.15, 0.2) is 40.7 Å². The Morgan fingerprint density at radius 2 is 2.04 bits per heavy atom. The van der Waals surface area contributed by atoms with Gasteiger partial charge in [0.15, 0.2) is 0 Å². The second-order valence-corrected chi connectivity index (χ2v) is 7.66. The van der Waals surface area contributed by atoms with Crippen LogP contribution in [0.5, 0.6) is 0 Å². The SMILES string of the molecule is O=C(CCc1nc2ccccc2c(=O)n1C1CC1)NCCC1=CCCCC1. The summed E-state index contributed by atoms with van der Waals surface area (Å²) in [7, 11) is 0. The number of carbonyl (C=O) groups excluding carboxylic acids is 1. The van der Waals surface area contributed by atoms with E-state index in [1.807, 2.05) is 28.8 Å². The Kier molecular flexibility index (Phi) is 5.37. The monoisotopic (exact) mass is 365 g/mol. The molecular weight excluding hydrogens is 338 g/mol. The van der Waals surface area contributed by atoms with Crippen molar-refractivity contribution >= 4 is 16.8 Å². The second kappa shape index (κ2) is 8.07. The molecule has 0 bridgehead atoms. The van der Waals surface area contributed by atoms with Gasteiger partial charge >= 0.3 is 0 Å². The Morgan fingerprint density at radius 3 is 2.81 bits per heavy atom. The minimum Gasteiger partial charge on any atom is -0.356 e. The first-order valence-corrected chi connectivity index (χ1v) is 10.2. The molecule has 0 radical (unpaired) electrons. The highest BCUT2D eigenvalue weighted by Gasteiger charge is 2.28. The molecule has 5 heteroatoms. The summed E-state index contributed by atoms with van der Waals surface area (Å²) in [6, 6.07) is 7.73. The number of nitrogens with one attached hydrogen (secondary N) is 1. The third-order valence-electron chi connectivity index (χ3n) is 5.52. The number of rotatable bonds is 7. The molecule has 0 saturated heterocycles. The van der Waals surface area contributed by atoms with Gasteiger partial charge in [0.1, 0.15) is 5.82 Å². The molecule has 4 rings (SSSR count). The maximum Gasteiger partial charge on any atom is 0.261 e. The Balaban J connectivity index is 1.39. The van der Waals surface area contributed by atoms with Crippen molar-refractivity contribution in [1.29, 1.82) is 0 Å². The molecule has 1 N–H and O–H groups in total. The van der Waals surface area contributed by atoms with Crippen molar-refractivity contribution in [2.75, 3.05) is 6.54 Å². The normalized spacial score (nSPS) is 17.0. The number of hydrogen-bond acceptors (Lipinski definition) is 3. The van der Waals surface area contributed by atoms with Gasteiger partial charge in [-0.3, -0.25) is 14.2 Å². The number of fused-ring (bicyclic) bond motifs is 1.